The van der Waals surface area contributed by atoms with Gasteiger partial charge in [0, 0.05) is 12.4 Å². The zero-order valence-electron chi connectivity index (χ0n) is 11.5. The van der Waals surface area contributed by atoms with E-state index in [1.54, 1.807) is 12.3 Å². The Hall–Kier alpha value is -2.63. The van der Waals surface area contributed by atoms with E-state index in [1.807, 2.05) is 28.8 Å². The van der Waals surface area contributed by atoms with Crippen LogP contribution in [0.5, 0.6) is 0 Å². The quantitative estimate of drug-likeness (QED) is 0.754. The van der Waals surface area contributed by atoms with E-state index in [1.165, 1.54) is 0 Å². The summed E-state index contributed by atoms with van der Waals surface area (Å²) in [4.78, 5) is 27.3. The highest BCUT2D eigenvalue weighted by atomic mass is 16.4. The van der Waals surface area contributed by atoms with Gasteiger partial charge in [0.1, 0.15) is 11.7 Å². The number of carbonyl (C=O) groups excluding carboxylic acids is 1. The number of aromatic nitrogens is 2. The average molecular weight is 287 g/mol. The number of hydrogen-bond donors (Lipinski definition) is 2. The summed E-state index contributed by atoms with van der Waals surface area (Å²) in [7, 11) is 0. The van der Waals surface area contributed by atoms with Crippen molar-refractivity contribution in [2.24, 2.45) is 0 Å². The molecule has 1 atom stereocenters. The fourth-order valence-electron chi connectivity index (χ4n) is 2.02. The van der Waals surface area contributed by atoms with Crippen LogP contribution in [0.1, 0.15) is 18.5 Å². The zero-order chi connectivity index (χ0) is 15.2. The number of allylic oxidation sites excluding steroid dienone is 1. The number of carbonyl (C=O) groups is 2. The second-order valence-corrected chi connectivity index (χ2v) is 4.70. The number of carboxylic acid groups (broad SMARTS) is 1. The molecule has 6 heteroatoms. The smallest absolute Gasteiger partial charge is 0.326 e. The minimum Gasteiger partial charge on any atom is -0.480 e. The molecule has 0 radical (unpaired) electrons. The van der Waals surface area contributed by atoms with Crippen molar-refractivity contribution in [3.8, 4) is 0 Å². The second kappa shape index (κ2) is 6.69. The number of aliphatic carboxylic acids is 1. The minimum absolute atomic E-state index is 0.0551. The summed E-state index contributed by atoms with van der Waals surface area (Å²) in [5.74, 6) is -1.39. The molecule has 2 aromatic rings. The first-order valence-electron chi connectivity index (χ1n) is 6.66. The molecule has 0 saturated heterocycles. The molecular formula is C15H17N3O3. The van der Waals surface area contributed by atoms with E-state index in [4.69, 9.17) is 5.11 Å². The highest BCUT2D eigenvalue weighted by Crippen LogP contribution is 2.06. The second-order valence-electron chi connectivity index (χ2n) is 4.70. The molecule has 0 bridgehead atoms. The minimum atomic E-state index is -1.04. The Bertz CT molecular complexity index is 630. The monoisotopic (exact) mass is 287 g/mol. The molecule has 2 N–H and O–H groups in total. The third kappa shape index (κ3) is 3.92. The Morgan fingerprint density at radius 1 is 1.48 bits per heavy atom. The van der Waals surface area contributed by atoms with Crippen LogP contribution in [-0.4, -0.2) is 32.4 Å². The number of rotatable bonds is 7. The summed E-state index contributed by atoms with van der Waals surface area (Å²) in [6.45, 7) is 3.54. The van der Waals surface area contributed by atoms with E-state index in [9.17, 15) is 9.59 Å². The number of amides is 1. The lowest BCUT2D eigenvalue weighted by molar-refractivity contribution is -0.141. The van der Waals surface area contributed by atoms with Crippen LogP contribution in [0.2, 0.25) is 0 Å². The topological polar surface area (TPSA) is 83.7 Å². The number of hydrogen-bond acceptors (Lipinski definition) is 3. The van der Waals surface area contributed by atoms with Crippen molar-refractivity contribution in [1.29, 1.82) is 0 Å². The molecule has 0 fully saturated rings. The van der Waals surface area contributed by atoms with Crippen molar-refractivity contribution in [2.45, 2.75) is 25.3 Å². The zero-order valence-corrected chi connectivity index (χ0v) is 11.5. The van der Waals surface area contributed by atoms with Crippen molar-refractivity contribution < 1.29 is 14.7 Å². The van der Waals surface area contributed by atoms with E-state index in [0.29, 0.717) is 18.5 Å². The SMILES string of the molecule is C=CCCC(NC(=O)Cc1cn2ccccc2n1)C(=O)O. The molecule has 6 nitrogen and oxygen atoms in total. The molecule has 1 amide bonds. The maximum absolute atomic E-state index is 11.9. The molecule has 2 rings (SSSR count). The van der Waals surface area contributed by atoms with E-state index < -0.39 is 12.0 Å². The average Bonchev–Trinajstić information content (AvgIpc) is 2.85. The summed E-state index contributed by atoms with van der Waals surface area (Å²) in [6, 6.07) is 4.68. The Kier molecular flexibility index (Phi) is 4.71. The Morgan fingerprint density at radius 2 is 2.29 bits per heavy atom. The first-order chi connectivity index (χ1) is 10.1. The van der Waals surface area contributed by atoms with Crippen molar-refractivity contribution in [2.75, 3.05) is 0 Å². The van der Waals surface area contributed by atoms with Crippen molar-refractivity contribution in [3.63, 3.8) is 0 Å². The van der Waals surface area contributed by atoms with Gasteiger partial charge in [-0.05, 0) is 25.0 Å². The molecule has 0 spiro atoms. The van der Waals surface area contributed by atoms with Gasteiger partial charge in [0.2, 0.25) is 5.91 Å². The van der Waals surface area contributed by atoms with Crippen LogP contribution in [0.4, 0.5) is 0 Å². The third-order valence-electron chi connectivity index (χ3n) is 3.05. The van der Waals surface area contributed by atoms with Gasteiger partial charge < -0.3 is 14.8 Å². The predicted molar refractivity (Wildman–Crippen MR) is 77.9 cm³/mol. The van der Waals surface area contributed by atoms with Gasteiger partial charge >= 0.3 is 5.97 Å². The molecule has 0 aliphatic carbocycles. The molecule has 2 aromatic heterocycles. The molecule has 0 aliphatic rings. The Labute approximate surface area is 122 Å². The highest BCUT2D eigenvalue weighted by molar-refractivity contribution is 5.84. The lowest BCUT2D eigenvalue weighted by Gasteiger charge is -2.12. The van der Waals surface area contributed by atoms with Crippen LogP contribution in [-0.2, 0) is 16.0 Å². The molecule has 110 valence electrons. The predicted octanol–water partition coefficient (Wildman–Crippen LogP) is 1.41. The fourth-order valence-corrected chi connectivity index (χ4v) is 2.02. The lowest BCUT2D eigenvalue weighted by atomic mass is 10.1. The number of imidazole rings is 1. The summed E-state index contributed by atoms with van der Waals surface area (Å²) >= 11 is 0. The van der Waals surface area contributed by atoms with E-state index >= 15 is 0 Å². The molecule has 2 heterocycles. The van der Waals surface area contributed by atoms with Gasteiger partial charge in [-0.2, -0.15) is 0 Å². The van der Waals surface area contributed by atoms with Gasteiger partial charge in [-0.15, -0.1) is 6.58 Å². The van der Waals surface area contributed by atoms with Gasteiger partial charge in [-0.3, -0.25) is 4.79 Å². The first-order valence-corrected chi connectivity index (χ1v) is 6.66. The maximum atomic E-state index is 11.9. The molecule has 21 heavy (non-hydrogen) atoms. The highest BCUT2D eigenvalue weighted by Gasteiger charge is 2.19. The van der Waals surface area contributed by atoms with Gasteiger partial charge in [0.25, 0.3) is 0 Å². The lowest BCUT2D eigenvalue weighted by Crippen LogP contribution is -2.41. The third-order valence-corrected chi connectivity index (χ3v) is 3.05. The summed E-state index contributed by atoms with van der Waals surface area (Å²) < 4.78 is 1.81. The van der Waals surface area contributed by atoms with Crippen LogP contribution in [0.15, 0.2) is 43.2 Å². The van der Waals surface area contributed by atoms with Gasteiger partial charge in [-0.25, -0.2) is 9.78 Å². The summed E-state index contributed by atoms with van der Waals surface area (Å²) in [5.41, 5.74) is 1.35. The largest absolute Gasteiger partial charge is 0.480 e. The molecular weight excluding hydrogens is 270 g/mol. The van der Waals surface area contributed by atoms with Gasteiger partial charge in [0.15, 0.2) is 0 Å². The van der Waals surface area contributed by atoms with Crippen LogP contribution >= 0.6 is 0 Å². The maximum Gasteiger partial charge on any atom is 0.326 e. The molecule has 0 saturated carbocycles. The molecule has 0 aromatic carbocycles. The van der Waals surface area contributed by atoms with Crippen molar-refractivity contribution in [1.82, 2.24) is 14.7 Å². The van der Waals surface area contributed by atoms with Crippen LogP contribution in [0.25, 0.3) is 5.65 Å². The number of carboxylic acids is 1. The van der Waals surface area contributed by atoms with Crippen LogP contribution < -0.4 is 5.32 Å². The van der Waals surface area contributed by atoms with E-state index in [2.05, 4.69) is 16.9 Å². The van der Waals surface area contributed by atoms with Crippen LogP contribution in [0.3, 0.4) is 0 Å². The van der Waals surface area contributed by atoms with Crippen molar-refractivity contribution in [3.05, 3.63) is 48.9 Å². The number of nitrogens with zero attached hydrogens (tertiary/aromatic N) is 2. The number of nitrogens with one attached hydrogen (secondary N) is 1. The summed E-state index contributed by atoms with van der Waals surface area (Å²) in [5, 5.41) is 11.6. The van der Waals surface area contributed by atoms with Gasteiger partial charge in [-0.1, -0.05) is 12.1 Å². The summed E-state index contributed by atoms with van der Waals surface area (Å²) in [6.07, 6.45) is 6.15. The number of pyridine rings is 1. The molecule has 1 unspecified atom stereocenters. The van der Waals surface area contributed by atoms with E-state index in [-0.39, 0.29) is 12.3 Å². The van der Waals surface area contributed by atoms with Crippen molar-refractivity contribution >= 4 is 17.5 Å². The Balaban J connectivity index is 1.99. The Morgan fingerprint density at radius 3 is 2.95 bits per heavy atom. The fraction of sp³-hybridized carbons (Fsp3) is 0.267. The molecule has 0 aliphatic heterocycles. The van der Waals surface area contributed by atoms with E-state index in [0.717, 1.165) is 5.65 Å². The van der Waals surface area contributed by atoms with Crippen LogP contribution in [0, 0.1) is 0 Å². The normalized spacial score (nSPS) is 12.0. The standard InChI is InChI=1S/C15H17N3O3/c1-2-3-6-12(15(20)21)17-14(19)9-11-10-18-8-5-4-7-13(18)16-11/h2,4-5,7-8,10,12H,1,3,6,9H2,(H,17,19)(H,20,21). The first kappa shape index (κ1) is 14.8. The number of fused-ring (bicyclic) bond motifs is 1. The van der Waals surface area contributed by atoms with Gasteiger partial charge in [0.05, 0.1) is 12.1 Å².